The molecule has 0 N–H and O–H groups in total. The van der Waals surface area contributed by atoms with Crippen LogP contribution in [0.2, 0.25) is 0 Å². The monoisotopic (exact) mass is 313 g/mol. The molecule has 6 heteroatoms. The summed E-state index contributed by atoms with van der Waals surface area (Å²) in [5.41, 5.74) is -0.588. The van der Waals surface area contributed by atoms with Crippen molar-refractivity contribution in [2.45, 2.75) is 58.2 Å². The second-order valence-electron chi connectivity index (χ2n) is 7.01. The Labute approximate surface area is 132 Å². The average Bonchev–Trinajstić information content (AvgIpc) is 2.92. The standard InChI is InChI=1S/C16H27NO5/c1-6-21-14(18)13-10-7-8-12(11(10)9-20-5)17(13)15(19)22-16(2,3)4/h10-13H,6-9H2,1-5H3. The quantitative estimate of drug-likeness (QED) is 0.745. The molecule has 0 aromatic heterocycles. The number of amides is 1. The van der Waals surface area contributed by atoms with Gasteiger partial charge in [0, 0.05) is 19.1 Å². The smallest absolute Gasteiger partial charge is 0.411 e. The predicted octanol–water partition coefficient (Wildman–Crippen LogP) is 2.21. The van der Waals surface area contributed by atoms with Crippen LogP contribution < -0.4 is 0 Å². The lowest BCUT2D eigenvalue weighted by molar-refractivity contribution is -0.151. The molecule has 1 aliphatic heterocycles. The van der Waals surface area contributed by atoms with Crippen LogP contribution in [-0.4, -0.2) is 55.0 Å². The molecule has 0 aromatic rings. The Bertz CT molecular complexity index is 431. The molecule has 1 saturated heterocycles. The van der Waals surface area contributed by atoms with Gasteiger partial charge in [0.05, 0.1) is 13.2 Å². The van der Waals surface area contributed by atoms with Crippen LogP contribution >= 0.6 is 0 Å². The Morgan fingerprint density at radius 1 is 1.23 bits per heavy atom. The Morgan fingerprint density at radius 2 is 1.91 bits per heavy atom. The average molecular weight is 313 g/mol. The van der Waals surface area contributed by atoms with Crippen molar-refractivity contribution in [2.75, 3.05) is 20.3 Å². The number of rotatable bonds is 4. The van der Waals surface area contributed by atoms with E-state index in [2.05, 4.69) is 0 Å². The number of hydrogen-bond donors (Lipinski definition) is 0. The van der Waals surface area contributed by atoms with Gasteiger partial charge in [-0.25, -0.2) is 9.59 Å². The Hall–Kier alpha value is -1.30. The molecule has 0 spiro atoms. The highest BCUT2D eigenvalue weighted by atomic mass is 16.6. The molecular weight excluding hydrogens is 286 g/mol. The molecule has 126 valence electrons. The van der Waals surface area contributed by atoms with Crippen molar-refractivity contribution in [3.05, 3.63) is 0 Å². The van der Waals surface area contributed by atoms with E-state index in [4.69, 9.17) is 14.2 Å². The molecule has 2 rings (SSSR count). The number of carbonyl (C=O) groups is 2. The lowest BCUT2D eigenvalue weighted by Crippen LogP contribution is -2.51. The van der Waals surface area contributed by atoms with Gasteiger partial charge in [0.2, 0.25) is 0 Å². The minimum Gasteiger partial charge on any atom is -0.464 e. The first-order valence-corrected chi connectivity index (χ1v) is 7.97. The van der Waals surface area contributed by atoms with Gasteiger partial charge in [-0.05, 0) is 46.5 Å². The van der Waals surface area contributed by atoms with E-state index in [1.165, 1.54) is 0 Å². The van der Waals surface area contributed by atoms with E-state index in [1.807, 2.05) is 20.8 Å². The summed E-state index contributed by atoms with van der Waals surface area (Å²) in [6.45, 7) is 8.10. The van der Waals surface area contributed by atoms with Crippen molar-refractivity contribution >= 4 is 12.1 Å². The largest absolute Gasteiger partial charge is 0.464 e. The predicted molar refractivity (Wildman–Crippen MR) is 80.4 cm³/mol. The summed E-state index contributed by atoms with van der Waals surface area (Å²) in [4.78, 5) is 26.5. The molecule has 2 fully saturated rings. The minimum atomic E-state index is -0.588. The molecule has 2 bridgehead atoms. The highest BCUT2D eigenvalue weighted by Gasteiger charge is 2.58. The van der Waals surface area contributed by atoms with Crippen molar-refractivity contribution in [3.8, 4) is 0 Å². The topological polar surface area (TPSA) is 65.1 Å². The maximum absolute atomic E-state index is 12.6. The molecule has 1 saturated carbocycles. The summed E-state index contributed by atoms with van der Waals surface area (Å²) in [7, 11) is 1.65. The second-order valence-corrected chi connectivity index (χ2v) is 7.01. The van der Waals surface area contributed by atoms with E-state index < -0.39 is 17.7 Å². The molecule has 2 aliphatic rings. The van der Waals surface area contributed by atoms with Crippen LogP contribution in [0.3, 0.4) is 0 Å². The molecule has 1 heterocycles. The molecule has 0 radical (unpaired) electrons. The van der Waals surface area contributed by atoms with Crippen LogP contribution in [0.4, 0.5) is 4.79 Å². The van der Waals surface area contributed by atoms with Gasteiger partial charge in [0.1, 0.15) is 11.6 Å². The van der Waals surface area contributed by atoms with E-state index in [-0.39, 0.29) is 23.8 Å². The van der Waals surface area contributed by atoms with E-state index in [1.54, 1.807) is 18.9 Å². The number of piperidine rings is 1. The van der Waals surface area contributed by atoms with Crippen LogP contribution in [0.25, 0.3) is 0 Å². The zero-order valence-electron chi connectivity index (χ0n) is 14.1. The van der Waals surface area contributed by atoms with Gasteiger partial charge in [-0.15, -0.1) is 0 Å². The van der Waals surface area contributed by atoms with Crippen molar-refractivity contribution < 1.29 is 23.8 Å². The highest BCUT2D eigenvalue weighted by Crippen LogP contribution is 2.48. The van der Waals surface area contributed by atoms with Crippen LogP contribution in [0, 0.1) is 11.8 Å². The third kappa shape index (κ3) is 3.21. The van der Waals surface area contributed by atoms with Crippen molar-refractivity contribution in [3.63, 3.8) is 0 Å². The SMILES string of the molecule is CCOC(=O)C1C2CCC(C2COC)N1C(=O)OC(C)(C)C. The van der Waals surface area contributed by atoms with Gasteiger partial charge < -0.3 is 14.2 Å². The molecule has 4 atom stereocenters. The minimum absolute atomic E-state index is 0.00536. The fraction of sp³-hybridized carbons (Fsp3) is 0.875. The van der Waals surface area contributed by atoms with Gasteiger partial charge in [0.15, 0.2) is 0 Å². The number of carbonyl (C=O) groups excluding carboxylic acids is 2. The highest BCUT2D eigenvalue weighted by molar-refractivity contribution is 5.83. The molecular formula is C16H27NO5. The number of fused-ring (bicyclic) bond motifs is 2. The van der Waals surface area contributed by atoms with Crippen LogP contribution in [-0.2, 0) is 19.0 Å². The third-order valence-electron chi connectivity index (χ3n) is 4.39. The first-order chi connectivity index (χ1) is 10.3. The van der Waals surface area contributed by atoms with Gasteiger partial charge >= 0.3 is 12.1 Å². The zero-order valence-corrected chi connectivity index (χ0v) is 14.1. The summed E-state index contributed by atoms with van der Waals surface area (Å²) in [5.74, 6) is -0.0647. The maximum Gasteiger partial charge on any atom is 0.411 e. The molecule has 22 heavy (non-hydrogen) atoms. The molecule has 6 nitrogen and oxygen atoms in total. The van der Waals surface area contributed by atoms with Crippen LogP contribution in [0.15, 0.2) is 0 Å². The second kappa shape index (κ2) is 6.44. The first-order valence-electron chi connectivity index (χ1n) is 7.97. The number of likely N-dealkylation sites (tertiary alicyclic amines) is 1. The Morgan fingerprint density at radius 3 is 2.45 bits per heavy atom. The summed E-state index contributed by atoms with van der Waals surface area (Å²) >= 11 is 0. The number of hydrogen-bond acceptors (Lipinski definition) is 5. The fourth-order valence-corrected chi connectivity index (χ4v) is 3.73. The fourth-order valence-electron chi connectivity index (χ4n) is 3.73. The zero-order chi connectivity index (χ0) is 16.5. The van der Waals surface area contributed by atoms with E-state index in [0.717, 1.165) is 12.8 Å². The van der Waals surface area contributed by atoms with E-state index in [9.17, 15) is 9.59 Å². The van der Waals surface area contributed by atoms with Crippen LogP contribution in [0.1, 0.15) is 40.5 Å². The van der Waals surface area contributed by atoms with Gasteiger partial charge in [-0.3, -0.25) is 4.90 Å². The lowest BCUT2D eigenvalue weighted by atomic mass is 9.93. The van der Waals surface area contributed by atoms with Crippen molar-refractivity contribution in [1.29, 1.82) is 0 Å². The molecule has 1 aliphatic carbocycles. The maximum atomic E-state index is 12.6. The number of esters is 1. The van der Waals surface area contributed by atoms with Gasteiger partial charge in [-0.2, -0.15) is 0 Å². The van der Waals surface area contributed by atoms with E-state index >= 15 is 0 Å². The molecule has 4 unspecified atom stereocenters. The van der Waals surface area contributed by atoms with Gasteiger partial charge in [-0.1, -0.05) is 0 Å². The first kappa shape index (κ1) is 17.1. The summed E-state index contributed by atoms with van der Waals surface area (Å²) in [6.07, 6.45) is 1.37. The summed E-state index contributed by atoms with van der Waals surface area (Å²) in [6, 6.07) is -0.553. The van der Waals surface area contributed by atoms with Gasteiger partial charge in [0.25, 0.3) is 0 Å². The van der Waals surface area contributed by atoms with E-state index in [0.29, 0.717) is 13.2 Å². The number of methoxy groups -OCH3 is 1. The Balaban J connectivity index is 2.23. The Kier molecular flexibility index (Phi) is 5.00. The van der Waals surface area contributed by atoms with Crippen molar-refractivity contribution in [2.24, 2.45) is 11.8 Å². The van der Waals surface area contributed by atoms with Crippen LogP contribution in [0.5, 0.6) is 0 Å². The molecule has 0 aromatic carbocycles. The normalized spacial score (nSPS) is 30.5. The summed E-state index contributed by atoms with van der Waals surface area (Å²) in [5, 5.41) is 0. The lowest BCUT2D eigenvalue weighted by Gasteiger charge is -2.35. The molecule has 1 amide bonds. The number of ether oxygens (including phenoxy) is 3. The van der Waals surface area contributed by atoms with Crippen molar-refractivity contribution in [1.82, 2.24) is 4.90 Å². The third-order valence-corrected chi connectivity index (χ3v) is 4.39. The number of nitrogens with zero attached hydrogens (tertiary/aromatic N) is 1. The summed E-state index contributed by atoms with van der Waals surface area (Å²) < 4.78 is 16.0.